The maximum Gasteiger partial charge on any atom is 0.258 e. The first-order valence-corrected chi connectivity index (χ1v) is 5.36. The topological polar surface area (TPSA) is 58.7 Å². The number of halogens is 2. The Morgan fingerprint density at radius 2 is 2.25 bits per heavy atom. The fourth-order valence-corrected chi connectivity index (χ4v) is 1.87. The van der Waals surface area contributed by atoms with Crippen molar-refractivity contribution < 1.29 is 9.18 Å². The van der Waals surface area contributed by atoms with Gasteiger partial charge in [-0.25, -0.2) is 9.38 Å². The standard InChI is InChI=1S/C10H9BrFN3O/c1-15-9(16)8(14-10(15)13)5-2-3-7(12)6(11)4-5/h2-4,8H,1H3,(H2,13,14). The smallest absolute Gasteiger partial charge is 0.258 e. The van der Waals surface area contributed by atoms with Crippen molar-refractivity contribution in [3.8, 4) is 0 Å². The van der Waals surface area contributed by atoms with Gasteiger partial charge in [0.05, 0.1) is 4.47 Å². The van der Waals surface area contributed by atoms with Crippen LogP contribution in [0.4, 0.5) is 4.39 Å². The molecule has 2 rings (SSSR count). The lowest BCUT2D eigenvalue weighted by Gasteiger charge is -2.10. The molecule has 1 aromatic rings. The molecule has 1 aliphatic rings. The zero-order valence-electron chi connectivity index (χ0n) is 8.45. The van der Waals surface area contributed by atoms with E-state index in [1.165, 1.54) is 23.1 Å². The molecule has 2 N–H and O–H groups in total. The monoisotopic (exact) mass is 285 g/mol. The van der Waals surface area contributed by atoms with E-state index in [0.717, 1.165) is 0 Å². The summed E-state index contributed by atoms with van der Waals surface area (Å²) in [5.74, 6) is -0.411. The fourth-order valence-electron chi connectivity index (χ4n) is 1.47. The van der Waals surface area contributed by atoms with Crippen molar-refractivity contribution in [2.24, 2.45) is 10.7 Å². The van der Waals surface area contributed by atoms with Crippen LogP contribution in [0.1, 0.15) is 11.6 Å². The highest BCUT2D eigenvalue weighted by molar-refractivity contribution is 9.10. The summed E-state index contributed by atoms with van der Waals surface area (Å²) in [6.07, 6.45) is 0. The van der Waals surface area contributed by atoms with Gasteiger partial charge in [-0.1, -0.05) is 6.07 Å². The van der Waals surface area contributed by atoms with Gasteiger partial charge in [0.1, 0.15) is 5.82 Å². The summed E-state index contributed by atoms with van der Waals surface area (Å²) < 4.78 is 13.3. The summed E-state index contributed by atoms with van der Waals surface area (Å²) in [5, 5.41) is 0. The molecular weight excluding hydrogens is 277 g/mol. The number of nitrogens with two attached hydrogens (primary N) is 1. The number of hydrogen-bond donors (Lipinski definition) is 1. The molecule has 1 aliphatic heterocycles. The highest BCUT2D eigenvalue weighted by atomic mass is 79.9. The predicted molar refractivity (Wildman–Crippen MR) is 61.2 cm³/mol. The number of carbonyl (C=O) groups excluding carboxylic acids is 1. The number of amides is 1. The van der Waals surface area contributed by atoms with Gasteiger partial charge in [-0.15, -0.1) is 0 Å². The van der Waals surface area contributed by atoms with E-state index in [-0.39, 0.29) is 17.7 Å². The van der Waals surface area contributed by atoms with Crippen LogP contribution in [0, 0.1) is 5.82 Å². The first-order valence-electron chi connectivity index (χ1n) is 4.56. The number of benzene rings is 1. The van der Waals surface area contributed by atoms with Crippen LogP contribution < -0.4 is 5.73 Å². The van der Waals surface area contributed by atoms with Crippen LogP contribution in [0.3, 0.4) is 0 Å². The molecule has 0 fully saturated rings. The molecule has 0 aromatic heterocycles. The van der Waals surface area contributed by atoms with Crippen LogP contribution in [-0.2, 0) is 4.79 Å². The number of rotatable bonds is 1. The molecule has 1 unspecified atom stereocenters. The minimum atomic E-state index is -0.665. The van der Waals surface area contributed by atoms with Gasteiger partial charge in [-0.2, -0.15) is 0 Å². The van der Waals surface area contributed by atoms with Gasteiger partial charge in [0.15, 0.2) is 12.0 Å². The Kier molecular flexibility index (Phi) is 2.67. The molecule has 1 amide bonds. The lowest BCUT2D eigenvalue weighted by molar-refractivity contribution is -0.126. The average molecular weight is 286 g/mol. The van der Waals surface area contributed by atoms with Crippen molar-refractivity contribution in [3.05, 3.63) is 34.1 Å². The number of carbonyl (C=O) groups is 1. The second-order valence-electron chi connectivity index (χ2n) is 3.46. The van der Waals surface area contributed by atoms with Crippen molar-refractivity contribution in [2.75, 3.05) is 7.05 Å². The van der Waals surface area contributed by atoms with Crippen LogP contribution >= 0.6 is 15.9 Å². The van der Waals surface area contributed by atoms with E-state index < -0.39 is 6.04 Å². The van der Waals surface area contributed by atoms with E-state index in [1.807, 2.05) is 0 Å². The number of aliphatic imine (C=N–C) groups is 1. The number of hydrogen-bond acceptors (Lipinski definition) is 3. The van der Waals surface area contributed by atoms with Crippen LogP contribution in [0.5, 0.6) is 0 Å². The third kappa shape index (κ3) is 1.69. The predicted octanol–water partition coefficient (Wildman–Crippen LogP) is 1.42. The zero-order chi connectivity index (χ0) is 11.9. The van der Waals surface area contributed by atoms with Crippen molar-refractivity contribution >= 4 is 27.8 Å². The summed E-state index contributed by atoms with van der Waals surface area (Å²) in [5.41, 5.74) is 6.15. The molecule has 84 valence electrons. The Labute approximate surface area is 100 Å². The maximum atomic E-state index is 13.0. The Balaban J connectivity index is 2.39. The van der Waals surface area contributed by atoms with E-state index in [2.05, 4.69) is 20.9 Å². The van der Waals surface area contributed by atoms with Gasteiger partial charge in [-0.05, 0) is 33.6 Å². The molecule has 0 bridgehead atoms. The molecule has 1 heterocycles. The van der Waals surface area contributed by atoms with E-state index in [4.69, 9.17) is 5.73 Å². The molecule has 1 aromatic carbocycles. The van der Waals surface area contributed by atoms with Crippen LogP contribution in [-0.4, -0.2) is 23.8 Å². The quantitative estimate of drug-likeness (QED) is 0.848. The lowest BCUT2D eigenvalue weighted by atomic mass is 10.1. The largest absolute Gasteiger partial charge is 0.369 e. The van der Waals surface area contributed by atoms with Crippen molar-refractivity contribution in [3.63, 3.8) is 0 Å². The zero-order valence-corrected chi connectivity index (χ0v) is 10.0. The molecule has 0 spiro atoms. The van der Waals surface area contributed by atoms with E-state index >= 15 is 0 Å². The average Bonchev–Trinajstić information content (AvgIpc) is 2.50. The van der Waals surface area contributed by atoms with Crippen molar-refractivity contribution in [1.29, 1.82) is 0 Å². The minimum Gasteiger partial charge on any atom is -0.369 e. The molecule has 6 heteroatoms. The molecular formula is C10H9BrFN3O. The first-order chi connectivity index (χ1) is 7.50. The Hall–Kier alpha value is -1.43. The Bertz CT molecular complexity index is 489. The third-order valence-electron chi connectivity index (χ3n) is 2.43. The Morgan fingerprint density at radius 3 is 2.75 bits per heavy atom. The lowest BCUT2D eigenvalue weighted by Crippen LogP contribution is -2.34. The first kappa shape index (κ1) is 11.1. The van der Waals surface area contributed by atoms with Crippen molar-refractivity contribution in [1.82, 2.24) is 4.90 Å². The van der Waals surface area contributed by atoms with Crippen LogP contribution in [0.2, 0.25) is 0 Å². The summed E-state index contributed by atoms with van der Waals surface area (Å²) in [7, 11) is 1.56. The second-order valence-corrected chi connectivity index (χ2v) is 4.31. The molecule has 0 saturated carbocycles. The fraction of sp³-hybridized carbons (Fsp3) is 0.200. The minimum absolute atomic E-state index is 0.176. The molecule has 0 radical (unpaired) electrons. The van der Waals surface area contributed by atoms with E-state index in [0.29, 0.717) is 10.0 Å². The summed E-state index contributed by atoms with van der Waals surface area (Å²) in [6, 6.07) is 3.69. The van der Waals surface area contributed by atoms with Gasteiger partial charge in [0.25, 0.3) is 5.91 Å². The van der Waals surface area contributed by atoms with Gasteiger partial charge >= 0.3 is 0 Å². The summed E-state index contributed by atoms with van der Waals surface area (Å²) in [4.78, 5) is 17.0. The highest BCUT2D eigenvalue weighted by Crippen LogP contribution is 2.27. The molecule has 0 saturated heterocycles. The Morgan fingerprint density at radius 1 is 1.56 bits per heavy atom. The van der Waals surface area contributed by atoms with Gasteiger partial charge in [-0.3, -0.25) is 9.69 Å². The molecule has 16 heavy (non-hydrogen) atoms. The van der Waals surface area contributed by atoms with Gasteiger partial charge in [0, 0.05) is 7.05 Å². The normalized spacial score (nSPS) is 20.2. The van der Waals surface area contributed by atoms with E-state index in [1.54, 1.807) is 7.05 Å². The SMILES string of the molecule is CN1C(=O)C(c2ccc(F)c(Br)c2)N=C1N. The molecule has 1 atom stereocenters. The van der Waals surface area contributed by atoms with Gasteiger partial charge < -0.3 is 5.73 Å². The summed E-state index contributed by atoms with van der Waals surface area (Å²) in [6.45, 7) is 0. The van der Waals surface area contributed by atoms with Gasteiger partial charge in [0.2, 0.25) is 0 Å². The third-order valence-corrected chi connectivity index (χ3v) is 3.04. The number of likely N-dealkylation sites (N-methyl/N-ethyl adjacent to an activating group) is 1. The van der Waals surface area contributed by atoms with Crippen molar-refractivity contribution in [2.45, 2.75) is 6.04 Å². The van der Waals surface area contributed by atoms with Crippen LogP contribution in [0.15, 0.2) is 27.7 Å². The highest BCUT2D eigenvalue weighted by Gasteiger charge is 2.31. The molecule has 4 nitrogen and oxygen atoms in total. The number of nitrogens with zero attached hydrogens (tertiary/aromatic N) is 2. The molecule has 0 aliphatic carbocycles. The second kappa shape index (κ2) is 3.86. The van der Waals surface area contributed by atoms with E-state index in [9.17, 15) is 9.18 Å². The van der Waals surface area contributed by atoms with Crippen LogP contribution in [0.25, 0.3) is 0 Å². The summed E-state index contributed by atoms with van der Waals surface area (Å²) >= 11 is 3.06. The maximum absolute atomic E-state index is 13.0. The number of guanidine groups is 1.